The Morgan fingerprint density at radius 2 is 1.84 bits per heavy atom. The maximum atomic E-state index is 9.63. The van der Waals surface area contributed by atoms with E-state index in [0.29, 0.717) is 12.5 Å². The second-order valence-electron chi connectivity index (χ2n) is 4.87. The number of hydrogen-bond acceptors (Lipinski definition) is 2. The fourth-order valence-electron chi connectivity index (χ4n) is 1.84. The third kappa shape index (κ3) is 3.50. The molecule has 2 nitrogen and oxygen atoms in total. The van der Waals surface area contributed by atoms with Gasteiger partial charge in [-0.05, 0) is 23.6 Å². The van der Waals surface area contributed by atoms with Gasteiger partial charge in [0.05, 0.1) is 6.61 Å². The lowest BCUT2D eigenvalue weighted by Crippen LogP contribution is -2.07. The number of phenols is 1. The van der Waals surface area contributed by atoms with Crippen LogP contribution in [0.4, 0.5) is 0 Å². The minimum Gasteiger partial charge on any atom is -0.508 e. The Kier molecular flexibility index (Phi) is 4.45. The van der Waals surface area contributed by atoms with Gasteiger partial charge in [-0.25, -0.2) is 0 Å². The first kappa shape index (κ1) is 13.5. The fourth-order valence-corrected chi connectivity index (χ4v) is 1.84. The fraction of sp³-hybridized carbons (Fsp3) is 0.294. The molecule has 19 heavy (non-hydrogen) atoms. The Bertz CT molecular complexity index is 520. The van der Waals surface area contributed by atoms with Crippen molar-refractivity contribution in [2.24, 2.45) is 5.92 Å². The van der Waals surface area contributed by atoms with Crippen LogP contribution in [-0.4, -0.2) is 11.7 Å². The minimum atomic E-state index is 0.235. The molecule has 1 unspecified atom stereocenters. The summed E-state index contributed by atoms with van der Waals surface area (Å²) in [7, 11) is 0. The van der Waals surface area contributed by atoms with E-state index in [1.165, 1.54) is 0 Å². The van der Waals surface area contributed by atoms with Crippen molar-refractivity contribution in [2.75, 3.05) is 6.61 Å². The van der Waals surface area contributed by atoms with Gasteiger partial charge in [-0.1, -0.05) is 50.6 Å². The zero-order valence-corrected chi connectivity index (χ0v) is 11.5. The van der Waals surface area contributed by atoms with Gasteiger partial charge < -0.3 is 9.84 Å². The topological polar surface area (TPSA) is 29.5 Å². The summed E-state index contributed by atoms with van der Waals surface area (Å²) in [6.45, 7) is 4.97. The molecule has 2 aromatic carbocycles. The summed E-state index contributed by atoms with van der Waals surface area (Å²) in [5.74, 6) is 1.48. The first-order chi connectivity index (χ1) is 9.20. The van der Waals surface area contributed by atoms with Gasteiger partial charge in [-0.15, -0.1) is 0 Å². The van der Waals surface area contributed by atoms with Crippen LogP contribution in [0.2, 0.25) is 0 Å². The van der Waals surface area contributed by atoms with E-state index < -0.39 is 0 Å². The highest BCUT2D eigenvalue weighted by atomic mass is 16.5. The quantitative estimate of drug-likeness (QED) is 0.854. The van der Waals surface area contributed by atoms with Crippen LogP contribution in [0, 0.1) is 5.92 Å². The molecule has 1 N–H and O–H groups in total. The van der Waals surface area contributed by atoms with E-state index in [2.05, 4.69) is 13.8 Å². The molecule has 100 valence electrons. The summed E-state index contributed by atoms with van der Waals surface area (Å²) >= 11 is 0. The lowest BCUT2D eigenvalue weighted by molar-refractivity contribution is 0.256. The van der Waals surface area contributed by atoms with Gasteiger partial charge in [0.25, 0.3) is 0 Å². The van der Waals surface area contributed by atoms with E-state index in [-0.39, 0.29) is 5.75 Å². The van der Waals surface area contributed by atoms with Crippen molar-refractivity contribution in [3.8, 4) is 22.6 Å². The summed E-state index contributed by atoms with van der Waals surface area (Å²) in [5.41, 5.74) is 2.11. The van der Waals surface area contributed by atoms with Crippen LogP contribution >= 0.6 is 0 Å². The number of ether oxygens (including phenoxy) is 1. The van der Waals surface area contributed by atoms with Crippen molar-refractivity contribution in [1.29, 1.82) is 0 Å². The smallest absolute Gasteiger partial charge is 0.130 e. The third-order valence-electron chi connectivity index (χ3n) is 3.27. The molecule has 0 saturated carbocycles. The van der Waals surface area contributed by atoms with Gasteiger partial charge in [0, 0.05) is 11.6 Å². The lowest BCUT2D eigenvalue weighted by Gasteiger charge is -2.15. The van der Waals surface area contributed by atoms with Crippen LogP contribution in [0.5, 0.6) is 11.5 Å². The second-order valence-corrected chi connectivity index (χ2v) is 4.87. The predicted molar refractivity (Wildman–Crippen MR) is 78.5 cm³/mol. The predicted octanol–water partition coefficient (Wildman–Crippen LogP) is 4.48. The van der Waals surface area contributed by atoms with Crippen LogP contribution in [-0.2, 0) is 0 Å². The summed E-state index contributed by atoms with van der Waals surface area (Å²) in [6, 6.07) is 15.4. The molecule has 0 bridgehead atoms. The molecular weight excluding hydrogens is 236 g/mol. The zero-order valence-electron chi connectivity index (χ0n) is 11.5. The van der Waals surface area contributed by atoms with Crippen LogP contribution in [0.25, 0.3) is 11.1 Å². The molecule has 0 radical (unpaired) electrons. The van der Waals surface area contributed by atoms with Crippen molar-refractivity contribution in [1.82, 2.24) is 0 Å². The Labute approximate surface area is 114 Å². The molecule has 0 fully saturated rings. The number of benzene rings is 2. The number of aromatic hydroxyl groups is 1. The Morgan fingerprint density at radius 1 is 1.11 bits per heavy atom. The zero-order chi connectivity index (χ0) is 13.7. The number of rotatable bonds is 5. The van der Waals surface area contributed by atoms with Gasteiger partial charge in [0.1, 0.15) is 11.5 Å². The molecule has 0 amide bonds. The van der Waals surface area contributed by atoms with Crippen molar-refractivity contribution in [3.05, 3.63) is 48.5 Å². The SMILES string of the molecule is CCC(C)COc1cc(O)ccc1-c1ccccc1. The van der Waals surface area contributed by atoms with E-state index in [4.69, 9.17) is 4.74 Å². The highest BCUT2D eigenvalue weighted by molar-refractivity contribution is 5.71. The highest BCUT2D eigenvalue weighted by Gasteiger charge is 2.09. The molecule has 0 aliphatic carbocycles. The molecule has 2 heteroatoms. The van der Waals surface area contributed by atoms with Gasteiger partial charge in [0.15, 0.2) is 0 Å². The molecule has 2 rings (SSSR count). The summed E-state index contributed by atoms with van der Waals surface area (Å²) in [6.07, 6.45) is 1.08. The van der Waals surface area contributed by atoms with Crippen molar-refractivity contribution in [3.63, 3.8) is 0 Å². The average Bonchev–Trinajstić information content (AvgIpc) is 2.45. The van der Waals surface area contributed by atoms with E-state index in [1.807, 2.05) is 36.4 Å². The molecule has 0 aliphatic heterocycles. The highest BCUT2D eigenvalue weighted by Crippen LogP contribution is 2.33. The molecule has 0 spiro atoms. The Balaban J connectivity index is 2.28. The molecule has 1 atom stereocenters. The van der Waals surface area contributed by atoms with Crippen molar-refractivity contribution in [2.45, 2.75) is 20.3 Å². The summed E-state index contributed by atoms with van der Waals surface area (Å²) in [5, 5.41) is 9.63. The second kappa shape index (κ2) is 6.28. The number of phenolic OH excluding ortho intramolecular Hbond substituents is 1. The van der Waals surface area contributed by atoms with Crippen molar-refractivity contribution >= 4 is 0 Å². The maximum Gasteiger partial charge on any atom is 0.130 e. The third-order valence-corrected chi connectivity index (χ3v) is 3.27. The van der Waals surface area contributed by atoms with Gasteiger partial charge in [0.2, 0.25) is 0 Å². The van der Waals surface area contributed by atoms with Crippen LogP contribution < -0.4 is 4.74 Å². The van der Waals surface area contributed by atoms with E-state index >= 15 is 0 Å². The normalized spacial score (nSPS) is 12.1. The molecule has 0 aliphatic rings. The number of hydrogen-bond donors (Lipinski definition) is 1. The summed E-state index contributed by atoms with van der Waals surface area (Å²) in [4.78, 5) is 0. The Hall–Kier alpha value is -1.96. The molecule has 0 saturated heterocycles. The first-order valence-corrected chi connectivity index (χ1v) is 6.72. The molecule has 0 aromatic heterocycles. The van der Waals surface area contributed by atoms with Crippen LogP contribution in [0.15, 0.2) is 48.5 Å². The van der Waals surface area contributed by atoms with E-state index in [9.17, 15) is 5.11 Å². The average molecular weight is 256 g/mol. The van der Waals surface area contributed by atoms with Gasteiger partial charge in [-0.3, -0.25) is 0 Å². The van der Waals surface area contributed by atoms with Crippen LogP contribution in [0.3, 0.4) is 0 Å². The molecular formula is C17H20O2. The first-order valence-electron chi connectivity index (χ1n) is 6.72. The van der Waals surface area contributed by atoms with Crippen molar-refractivity contribution < 1.29 is 9.84 Å². The summed E-state index contributed by atoms with van der Waals surface area (Å²) < 4.78 is 5.87. The molecule has 0 heterocycles. The van der Waals surface area contributed by atoms with Crippen LogP contribution in [0.1, 0.15) is 20.3 Å². The minimum absolute atomic E-state index is 0.235. The van der Waals surface area contributed by atoms with E-state index in [1.54, 1.807) is 12.1 Å². The van der Waals surface area contributed by atoms with Gasteiger partial charge in [-0.2, -0.15) is 0 Å². The standard InChI is InChI=1S/C17H20O2/c1-3-13(2)12-19-17-11-15(18)9-10-16(17)14-7-5-4-6-8-14/h4-11,13,18H,3,12H2,1-2H3. The van der Waals surface area contributed by atoms with E-state index in [0.717, 1.165) is 23.3 Å². The maximum absolute atomic E-state index is 9.63. The monoisotopic (exact) mass is 256 g/mol. The Morgan fingerprint density at radius 3 is 2.53 bits per heavy atom. The lowest BCUT2D eigenvalue weighted by atomic mass is 10.0. The van der Waals surface area contributed by atoms with Gasteiger partial charge >= 0.3 is 0 Å². The largest absolute Gasteiger partial charge is 0.508 e. The molecule has 2 aromatic rings.